The monoisotopic (exact) mass is 284 g/mol. The molecule has 0 radical (unpaired) electrons. The number of aliphatic hydroxyl groups is 1. The summed E-state index contributed by atoms with van der Waals surface area (Å²) in [6.07, 6.45) is 0.599. The number of aromatic nitrogens is 1. The Morgan fingerprint density at radius 3 is 2.52 bits per heavy atom. The molecule has 0 bridgehead atoms. The Labute approximate surface area is 124 Å². The first-order valence-electron chi connectivity index (χ1n) is 7.00. The van der Waals surface area contributed by atoms with E-state index in [-0.39, 0.29) is 18.6 Å². The summed E-state index contributed by atoms with van der Waals surface area (Å²) in [6.45, 7) is 3.60. The van der Waals surface area contributed by atoms with Crippen LogP contribution in [0.1, 0.15) is 27.3 Å². The Bertz CT molecular complexity index is 611. The van der Waals surface area contributed by atoms with Gasteiger partial charge in [0.1, 0.15) is 0 Å². The number of carbonyl (C=O) groups is 1. The number of aryl methyl sites for hydroxylation is 2. The Morgan fingerprint density at radius 2 is 1.90 bits per heavy atom. The van der Waals surface area contributed by atoms with Crippen molar-refractivity contribution in [2.45, 2.75) is 26.3 Å². The summed E-state index contributed by atoms with van der Waals surface area (Å²) in [5, 5.41) is 12.3. The average molecular weight is 284 g/mol. The number of pyridine rings is 1. The molecule has 1 heterocycles. The van der Waals surface area contributed by atoms with Crippen molar-refractivity contribution < 1.29 is 9.90 Å². The van der Waals surface area contributed by atoms with Gasteiger partial charge >= 0.3 is 0 Å². The maximum absolute atomic E-state index is 12.3. The Morgan fingerprint density at radius 1 is 1.19 bits per heavy atom. The molecule has 2 rings (SSSR count). The Kier molecular flexibility index (Phi) is 5.06. The summed E-state index contributed by atoms with van der Waals surface area (Å²) in [4.78, 5) is 16.6. The summed E-state index contributed by atoms with van der Waals surface area (Å²) in [6, 6.07) is 13.1. The summed E-state index contributed by atoms with van der Waals surface area (Å²) < 4.78 is 0. The first kappa shape index (κ1) is 15.2. The molecule has 0 fully saturated rings. The van der Waals surface area contributed by atoms with Crippen LogP contribution in [0.4, 0.5) is 0 Å². The highest BCUT2D eigenvalue weighted by molar-refractivity contribution is 5.95. The van der Waals surface area contributed by atoms with E-state index in [0.29, 0.717) is 17.7 Å². The SMILES string of the molecule is Cc1ccc(C(=O)N[C@@H](CO)Cc2ccccc2)c(C)n1. The van der Waals surface area contributed by atoms with Gasteiger partial charge in [-0.25, -0.2) is 0 Å². The smallest absolute Gasteiger partial charge is 0.253 e. The van der Waals surface area contributed by atoms with Crippen LogP contribution in [0.3, 0.4) is 0 Å². The molecule has 1 atom stereocenters. The van der Waals surface area contributed by atoms with Crippen LogP contribution in [-0.2, 0) is 6.42 Å². The van der Waals surface area contributed by atoms with Gasteiger partial charge in [0.15, 0.2) is 0 Å². The van der Waals surface area contributed by atoms with Crippen molar-refractivity contribution in [2.75, 3.05) is 6.61 Å². The van der Waals surface area contributed by atoms with Gasteiger partial charge in [0, 0.05) is 5.69 Å². The molecule has 1 amide bonds. The molecule has 0 aliphatic rings. The quantitative estimate of drug-likeness (QED) is 0.883. The number of aliphatic hydroxyl groups excluding tert-OH is 1. The van der Waals surface area contributed by atoms with Gasteiger partial charge < -0.3 is 10.4 Å². The number of nitrogens with one attached hydrogen (secondary N) is 1. The molecule has 110 valence electrons. The lowest BCUT2D eigenvalue weighted by Gasteiger charge is -2.17. The van der Waals surface area contributed by atoms with Gasteiger partial charge in [-0.3, -0.25) is 9.78 Å². The zero-order valence-corrected chi connectivity index (χ0v) is 12.3. The van der Waals surface area contributed by atoms with E-state index in [0.717, 1.165) is 11.3 Å². The first-order valence-corrected chi connectivity index (χ1v) is 7.00. The van der Waals surface area contributed by atoms with Gasteiger partial charge in [0.05, 0.1) is 23.9 Å². The molecule has 0 unspecified atom stereocenters. The van der Waals surface area contributed by atoms with Gasteiger partial charge in [-0.2, -0.15) is 0 Å². The van der Waals surface area contributed by atoms with Crippen molar-refractivity contribution in [3.8, 4) is 0 Å². The molecule has 0 saturated heterocycles. The molecule has 0 saturated carbocycles. The largest absolute Gasteiger partial charge is 0.394 e. The fourth-order valence-corrected chi connectivity index (χ4v) is 2.25. The van der Waals surface area contributed by atoms with Crippen LogP contribution in [0.5, 0.6) is 0 Å². The number of rotatable bonds is 5. The third kappa shape index (κ3) is 4.13. The van der Waals surface area contributed by atoms with E-state index in [1.54, 1.807) is 6.07 Å². The predicted octanol–water partition coefficient (Wildman–Crippen LogP) is 2.03. The number of benzene rings is 1. The van der Waals surface area contributed by atoms with Crippen LogP contribution in [0, 0.1) is 13.8 Å². The minimum Gasteiger partial charge on any atom is -0.394 e. The van der Waals surface area contributed by atoms with Gasteiger partial charge in [-0.05, 0) is 38.0 Å². The zero-order chi connectivity index (χ0) is 15.2. The Hall–Kier alpha value is -2.20. The summed E-state index contributed by atoms with van der Waals surface area (Å²) >= 11 is 0. The highest BCUT2D eigenvalue weighted by Crippen LogP contribution is 2.08. The number of amides is 1. The Balaban J connectivity index is 2.06. The van der Waals surface area contributed by atoms with E-state index in [4.69, 9.17) is 0 Å². The second kappa shape index (κ2) is 6.99. The van der Waals surface area contributed by atoms with Crippen molar-refractivity contribution in [1.29, 1.82) is 0 Å². The standard InChI is InChI=1S/C17H20N2O2/c1-12-8-9-16(13(2)18-12)17(21)19-15(11-20)10-14-6-4-3-5-7-14/h3-9,15,20H,10-11H2,1-2H3,(H,19,21)/t15-/m1/s1. The fourth-order valence-electron chi connectivity index (χ4n) is 2.25. The molecule has 0 spiro atoms. The third-order valence-electron chi connectivity index (χ3n) is 3.35. The van der Waals surface area contributed by atoms with Gasteiger partial charge in [0.2, 0.25) is 0 Å². The normalized spacial score (nSPS) is 12.0. The van der Waals surface area contributed by atoms with Crippen LogP contribution in [0.25, 0.3) is 0 Å². The topological polar surface area (TPSA) is 62.2 Å². The van der Waals surface area contributed by atoms with E-state index in [1.807, 2.05) is 50.2 Å². The van der Waals surface area contributed by atoms with Crippen molar-refractivity contribution in [2.24, 2.45) is 0 Å². The van der Waals surface area contributed by atoms with Crippen molar-refractivity contribution in [3.63, 3.8) is 0 Å². The molecule has 4 nitrogen and oxygen atoms in total. The van der Waals surface area contributed by atoms with Crippen LogP contribution in [0.15, 0.2) is 42.5 Å². The van der Waals surface area contributed by atoms with Crippen LogP contribution in [0.2, 0.25) is 0 Å². The van der Waals surface area contributed by atoms with E-state index in [2.05, 4.69) is 10.3 Å². The van der Waals surface area contributed by atoms with Crippen LogP contribution >= 0.6 is 0 Å². The molecule has 1 aromatic heterocycles. The minimum absolute atomic E-state index is 0.0982. The molecular formula is C17H20N2O2. The molecule has 21 heavy (non-hydrogen) atoms. The van der Waals surface area contributed by atoms with E-state index in [1.165, 1.54) is 0 Å². The van der Waals surface area contributed by atoms with Gasteiger partial charge in [-0.15, -0.1) is 0 Å². The lowest BCUT2D eigenvalue weighted by molar-refractivity contribution is 0.0915. The summed E-state index contributed by atoms with van der Waals surface area (Å²) in [5.41, 5.74) is 3.21. The number of carbonyl (C=O) groups excluding carboxylic acids is 1. The van der Waals surface area contributed by atoms with Crippen molar-refractivity contribution in [3.05, 3.63) is 65.0 Å². The van der Waals surface area contributed by atoms with Crippen molar-refractivity contribution >= 4 is 5.91 Å². The highest BCUT2D eigenvalue weighted by Gasteiger charge is 2.15. The molecule has 0 aliphatic carbocycles. The van der Waals surface area contributed by atoms with Crippen molar-refractivity contribution in [1.82, 2.24) is 10.3 Å². The second-order valence-electron chi connectivity index (χ2n) is 5.13. The molecule has 2 aromatic rings. The lowest BCUT2D eigenvalue weighted by Crippen LogP contribution is -2.39. The molecule has 2 N–H and O–H groups in total. The zero-order valence-electron chi connectivity index (χ0n) is 12.3. The second-order valence-corrected chi connectivity index (χ2v) is 5.13. The lowest BCUT2D eigenvalue weighted by atomic mass is 10.1. The minimum atomic E-state index is -0.305. The van der Waals surface area contributed by atoms with Gasteiger partial charge in [-0.1, -0.05) is 30.3 Å². The summed E-state index contributed by atoms with van der Waals surface area (Å²) in [7, 11) is 0. The van der Waals surface area contributed by atoms with Gasteiger partial charge in [0.25, 0.3) is 5.91 Å². The predicted molar refractivity (Wildman–Crippen MR) is 82.2 cm³/mol. The summed E-state index contributed by atoms with van der Waals surface area (Å²) in [5.74, 6) is -0.199. The number of nitrogens with zero attached hydrogens (tertiary/aromatic N) is 1. The first-order chi connectivity index (χ1) is 10.1. The molecule has 0 aliphatic heterocycles. The van der Waals surface area contributed by atoms with Crippen LogP contribution in [-0.4, -0.2) is 28.6 Å². The van der Waals surface area contributed by atoms with E-state index in [9.17, 15) is 9.90 Å². The number of hydrogen-bond acceptors (Lipinski definition) is 3. The average Bonchev–Trinajstić information content (AvgIpc) is 2.47. The van der Waals surface area contributed by atoms with E-state index >= 15 is 0 Å². The van der Waals surface area contributed by atoms with E-state index < -0.39 is 0 Å². The maximum atomic E-state index is 12.3. The fraction of sp³-hybridized carbons (Fsp3) is 0.294. The molecule has 1 aromatic carbocycles. The highest BCUT2D eigenvalue weighted by atomic mass is 16.3. The van der Waals surface area contributed by atoms with Crippen LogP contribution < -0.4 is 5.32 Å². The maximum Gasteiger partial charge on any atom is 0.253 e. The third-order valence-corrected chi connectivity index (χ3v) is 3.35. The molecule has 4 heteroatoms. The number of hydrogen-bond donors (Lipinski definition) is 2. The molecular weight excluding hydrogens is 264 g/mol.